The maximum Gasteiger partial charge on any atom is 0.335 e. The van der Waals surface area contributed by atoms with E-state index in [1.54, 1.807) is 24.3 Å². The molecule has 0 heterocycles. The van der Waals surface area contributed by atoms with E-state index >= 15 is 0 Å². The van der Waals surface area contributed by atoms with E-state index in [0.29, 0.717) is 24.2 Å². The Labute approximate surface area is 223 Å². The SMILES string of the molecule is O=C(O)c1ccc(NC(=O)C(Sc2cccc(NC(=O)C3CC=CCC3C(=O)O)c2)c2ccccc2)cc1. The normalized spacial score (nSPS) is 17.3. The van der Waals surface area contributed by atoms with Gasteiger partial charge in [-0.15, -0.1) is 11.8 Å². The molecule has 0 aromatic heterocycles. The van der Waals surface area contributed by atoms with Gasteiger partial charge in [0.2, 0.25) is 11.8 Å². The minimum absolute atomic E-state index is 0.120. The van der Waals surface area contributed by atoms with Crippen molar-refractivity contribution in [2.24, 2.45) is 11.8 Å². The number of aliphatic carboxylic acids is 1. The highest BCUT2D eigenvalue weighted by Gasteiger charge is 2.34. The van der Waals surface area contributed by atoms with Crippen LogP contribution in [-0.2, 0) is 14.4 Å². The molecule has 0 bridgehead atoms. The van der Waals surface area contributed by atoms with E-state index < -0.39 is 29.0 Å². The summed E-state index contributed by atoms with van der Waals surface area (Å²) >= 11 is 1.30. The minimum atomic E-state index is -1.05. The molecule has 8 nitrogen and oxygen atoms in total. The van der Waals surface area contributed by atoms with Crippen LogP contribution in [0.5, 0.6) is 0 Å². The molecule has 0 fully saturated rings. The van der Waals surface area contributed by atoms with Crippen LogP contribution in [0.4, 0.5) is 11.4 Å². The van der Waals surface area contributed by atoms with Gasteiger partial charge in [0.05, 0.1) is 17.4 Å². The molecule has 1 aliphatic carbocycles. The van der Waals surface area contributed by atoms with Gasteiger partial charge < -0.3 is 20.8 Å². The number of benzene rings is 3. The number of allylic oxidation sites excluding steroid dienone is 2. The molecular weight excluding hydrogens is 504 g/mol. The number of thioether (sulfide) groups is 1. The number of amides is 2. The van der Waals surface area contributed by atoms with Crippen LogP contribution in [-0.4, -0.2) is 34.0 Å². The fourth-order valence-corrected chi connectivity index (χ4v) is 5.28. The van der Waals surface area contributed by atoms with Gasteiger partial charge in [-0.25, -0.2) is 4.79 Å². The summed E-state index contributed by atoms with van der Waals surface area (Å²) in [7, 11) is 0. The fourth-order valence-electron chi connectivity index (χ4n) is 4.20. The maximum absolute atomic E-state index is 13.3. The topological polar surface area (TPSA) is 133 Å². The monoisotopic (exact) mass is 530 g/mol. The van der Waals surface area contributed by atoms with Crippen LogP contribution in [0.1, 0.15) is 34.0 Å². The first-order valence-electron chi connectivity index (χ1n) is 12.0. The number of carbonyl (C=O) groups is 4. The van der Waals surface area contributed by atoms with E-state index in [4.69, 9.17) is 5.11 Å². The summed E-state index contributed by atoms with van der Waals surface area (Å²) in [6.45, 7) is 0. The highest BCUT2D eigenvalue weighted by atomic mass is 32.2. The first-order chi connectivity index (χ1) is 18.3. The quantitative estimate of drug-likeness (QED) is 0.213. The third-order valence-corrected chi connectivity index (χ3v) is 7.43. The first-order valence-corrected chi connectivity index (χ1v) is 12.8. The van der Waals surface area contributed by atoms with Crippen molar-refractivity contribution in [2.45, 2.75) is 23.0 Å². The smallest absolute Gasteiger partial charge is 0.335 e. The van der Waals surface area contributed by atoms with Crippen molar-refractivity contribution in [1.29, 1.82) is 0 Å². The molecule has 1 aliphatic rings. The van der Waals surface area contributed by atoms with Gasteiger partial charge in [-0.3, -0.25) is 14.4 Å². The second-order valence-electron chi connectivity index (χ2n) is 8.79. The van der Waals surface area contributed by atoms with Crippen molar-refractivity contribution in [3.63, 3.8) is 0 Å². The van der Waals surface area contributed by atoms with E-state index in [2.05, 4.69) is 10.6 Å². The third kappa shape index (κ3) is 6.68. The number of hydrogen-bond donors (Lipinski definition) is 4. The Morgan fingerprint density at radius 3 is 2.11 bits per heavy atom. The molecule has 0 saturated carbocycles. The van der Waals surface area contributed by atoms with Crippen molar-refractivity contribution in [3.05, 3.63) is 102 Å². The lowest BCUT2D eigenvalue weighted by Gasteiger charge is -2.24. The highest BCUT2D eigenvalue weighted by Crippen LogP contribution is 2.37. The Morgan fingerprint density at radius 1 is 0.763 bits per heavy atom. The first kappa shape index (κ1) is 26.7. The van der Waals surface area contributed by atoms with Gasteiger partial charge in [0, 0.05) is 16.3 Å². The van der Waals surface area contributed by atoms with Gasteiger partial charge in [0.1, 0.15) is 5.25 Å². The lowest BCUT2D eigenvalue weighted by molar-refractivity contribution is -0.146. The minimum Gasteiger partial charge on any atom is -0.481 e. The van der Waals surface area contributed by atoms with E-state index in [0.717, 1.165) is 10.5 Å². The molecule has 3 aromatic carbocycles. The van der Waals surface area contributed by atoms with Crippen LogP contribution in [0.2, 0.25) is 0 Å². The number of anilines is 2. The molecule has 4 N–H and O–H groups in total. The molecule has 2 amide bonds. The zero-order valence-corrected chi connectivity index (χ0v) is 21.1. The van der Waals surface area contributed by atoms with Crippen LogP contribution in [0.25, 0.3) is 0 Å². The lowest BCUT2D eigenvalue weighted by Crippen LogP contribution is -2.34. The van der Waals surface area contributed by atoms with E-state index in [-0.39, 0.29) is 17.4 Å². The van der Waals surface area contributed by atoms with Gasteiger partial charge in [-0.2, -0.15) is 0 Å². The zero-order chi connectivity index (χ0) is 27.1. The lowest BCUT2D eigenvalue weighted by atomic mass is 9.82. The summed E-state index contributed by atoms with van der Waals surface area (Å²) in [5.41, 5.74) is 1.87. The number of nitrogens with one attached hydrogen (secondary N) is 2. The molecule has 4 rings (SSSR count). The molecule has 0 spiro atoms. The Kier molecular flexibility index (Phi) is 8.60. The third-order valence-electron chi connectivity index (χ3n) is 6.18. The highest BCUT2D eigenvalue weighted by molar-refractivity contribution is 8.00. The van der Waals surface area contributed by atoms with Gasteiger partial charge in [0.15, 0.2) is 0 Å². The van der Waals surface area contributed by atoms with Gasteiger partial charge in [-0.1, -0.05) is 48.6 Å². The second-order valence-corrected chi connectivity index (χ2v) is 9.97. The molecule has 3 aromatic rings. The predicted octanol–water partition coefficient (Wildman–Crippen LogP) is 5.46. The number of carboxylic acid groups (broad SMARTS) is 2. The van der Waals surface area contributed by atoms with E-state index in [9.17, 15) is 24.3 Å². The summed E-state index contributed by atoms with van der Waals surface area (Å²) in [6.07, 6.45) is 4.29. The number of rotatable bonds is 9. The molecule has 9 heteroatoms. The Balaban J connectivity index is 1.51. The van der Waals surface area contributed by atoms with E-state index in [1.165, 1.54) is 36.0 Å². The summed E-state index contributed by atoms with van der Waals surface area (Å²) in [5, 5.41) is 23.6. The second kappa shape index (κ2) is 12.2. The van der Waals surface area contributed by atoms with Gasteiger partial charge in [-0.05, 0) is 60.9 Å². The van der Waals surface area contributed by atoms with Crippen LogP contribution < -0.4 is 10.6 Å². The van der Waals surface area contributed by atoms with Crippen molar-refractivity contribution >= 4 is 46.9 Å². The standard InChI is InChI=1S/C29H26N2O6S/c32-26(23-11-4-5-12-24(23)29(36)37)31-21-9-6-10-22(17-21)38-25(18-7-2-1-3-8-18)27(33)30-20-15-13-19(14-16-20)28(34)35/h1-10,13-17,23-25H,11-12H2,(H,30,33)(H,31,32)(H,34,35)(H,36,37). The number of hydrogen-bond acceptors (Lipinski definition) is 5. The number of carbonyl (C=O) groups excluding carboxylic acids is 2. The van der Waals surface area contributed by atoms with Crippen LogP contribution in [0.3, 0.4) is 0 Å². The van der Waals surface area contributed by atoms with Crippen molar-refractivity contribution in [1.82, 2.24) is 0 Å². The van der Waals surface area contributed by atoms with Crippen molar-refractivity contribution in [2.75, 3.05) is 10.6 Å². The van der Waals surface area contributed by atoms with E-state index in [1.807, 2.05) is 42.5 Å². The molecule has 3 atom stereocenters. The molecule has 194 valence electrons. The summed E-state index contributed by atoms with van der Waals surface area (Å²) < 4.78 is 0. The molecule has 0 radical (unpaired) electrons. The van der Waals surface area contributed by atoms with Crippen LogP contribution in [0, 0.1) is 11.8 Å². The summed E-state index contributed by atoms with van der Waals surface area (Å²) in [6, 6.07) is 22.2. The average molecular weight is 531 g/mol. The molecule has 0 saturated heterocycles. The largest absolute Gasteiger partial charge is 0.481 e. The average Bonchev–Trinajstić information content (AvgIpc) is 2.92. The van der Waals surface area contributed by atoms with Crippen molar-refractivity contribution in [3.8, 4) is 0 Å². The van der Waals surface area contributed by atoms with Crippen molar-refractivity contribution < 1.29 is 29.4 Å². The van der Waals surface area contributed by atoms with Gasteiger partial charge >= 0.3 is 11.9 Å². The maximum atomic E-state index is 13.3. The fraction of sp³-hybridized carbons (Fsp3) is 0.172. The summed E-state index contributed by atoms with van der Waals surface area (Å²) in [4.78, 5) is 49.7. The summed E-state index contributed by atoms with van der Waals surface area (Å²) in [5.74, 6) is -4.13. The molecule has 0 aliphatic heterocycles. The molecular formula is C29H26N2O6S. The Bertz CT molecular complexity index is 1360. The van der Waals surface area contributed by atoms with Crippen LogP contribution >= 0.6 is 11.8 Å². The number of carboxylic acids is 2. The Hall–Kier alpha value is -4.37. The van der Waals surface area contributed by atoms with Crippen LogP contribution in [0.15, 0.2) is 95.9 Å². The zero-order valence-electron chi connectivity index (χ0n) is 20.2. The molecule has 3 unspecified atom stereocenters. The number of aromatic carboxylic acids is 1. The predicted molar refractivity (Wildman–Crippen MR) is 145 cm³/mol. The van der Waals surface area contributed by atoms with Gasteiger partial charge in [0.25, 0.3) is 0 Å². The molecule has 38 heavy (non-hydrogen) atoms. The Morgan fingerprint density at radius 2 is 1.45 bits per heavy atom.